The molecule has 0 aliphatic heterocycles. The van der Waals surface area contributed by atoms with E-state index >= 15 is 0 Å². The molecule has 178 valence electrons. The van der Waals surface area contributed by atoms with Gasteiger partial charge in [-0.15, -0.1) is 0 Å². The number of benzene rings is 3. The Morgan fingerprint density at radius 2 is 1.50 bits per heavy atom. The van der Waals surface area contributed by atoms with Crippen molar-refractivity contribution >= 4 is 40.5 Å². The fraction of sp³-hybridized carbons (Fsp3) is 0.0370. The Labute approximate surface area is 206 Å². The quantitative estimate of drug-likeness (QED) is 0.243. The summed E-state index contributed by atoms with van der Waals surface area (Å²) in [5.41, 5.74) is 6.55. The van der Waals surface area contributed by atoms with Crippen LogP contribution in [0.1, 0.15) is 6.92 Å². The molecule has 0 aliphatic rings. The molecule has 0 atom stereocenters. The summed E-state index contributed by atoms with van der Waals surface area (Å²) < 4.78 is 1.70. The van der Waals surface area contributed by atoms with E-state index in [0.717, 1.165) is 39.3 Å². The van der Waals surface area contributed by atoms with Crippen molar-refractivity contribution < 1.29 is 14.7 Å². The van der Waals surface area contributed by atoms with Crippen molar-refractivity contribution in [3.63, 3.8) is 0 Å². The van der Waals surface area contributed by atoms with Crippen molar-refractivity contribution in [2.45, 2.75) is 6.92 Å². The molecule has 2 amide bonds. The second-order valence-corrected chi connectivity index (χ2v) is 8.10. The Hall–Kier alpha value is -5.18. The first-order valence-corrected chi connectivity index (χ1v) is 11.1. The highest BCUT2D eigenvalue weighted by atomic mass is 16.4. The lowest BCUT2D eigenvalue weighted by Crippen LogP contribution is -2.07. The topological polar surface area (TPSA) is 121 Å². The molecule has 2 heterocycles. The zero-order valence-corrected chi connectivity index (χ0v) is 19.3. The molecule has 0 saturated carbocycles. The van der Waals surface area contributed by atoms with Gasteiger partial charge in [0.1, 0.15) is 0 Å². The average Bonchev–Trinajstić information content (AvgIpc) is 3.34. The molecule has 0 radical (unpaired) electrons. The first-order chi connectivity index (χ1) is 17.4. The number of rotatable bonds is 6. The number of carbonyl (C=O) groups is 2. The van der Waals surface area contributed by atoms with Crippen molar-refractivity contribution in [3.05, 3.63) is 91.1 Å². The molecule has 0 unspecified atom stereocenters. The van der Waals surface area contributed by atoms with Gasteiger partial charge in [0.15, 0.2) is 0 Å². The smallest absolute Gasteiger partial charge is 0.409 e. The minimum Gasteiger partial charge on any atom is -0.465 e. The molecule has 3 aromatic carbocycles. The van der Waals surface area contributed by atoms with E-state index in [1.165, 1.54) is 6.92 Å². The molecule has 36 heavy (non-hydrogen) atoms. The van der Waals surface area contributed by atoms with Crippen LogP contribution in [0.4, 0.5) is 27.8 Å². The van der Waals surface area contributed by atoms with E-state index < -0.39 is 6.09 Å². The highest BCUT2D eigenvalue weighted by Crippen LogP contribution is 2.28. The third-order valence-corrected chi connectivity index (χ3v) is 5.47. The zero-order chi connectivity index (χ0) is 25.1. The summed E-state index contributed by atoms with van der Waals surface area (Å²) in [6.07, 6.45) is 0.589. The van der Waals surface area contributed by atoms with E-state index in [9.17, 15) is 9.59 Å². The zero-order valence-electron chi connectivity index (χ0n) is 19.3. The molecule has 0 spiro atoms. The van der Waals surface area contributed by atoms with Gasteiger partial charge in [-0.1, -0.05) is 36.4 Å². The van der Waals surface area contributed by atoms with E-state index in [-0.39, 0.29) is 5.91 Å². The lowest BCUT2D eigenvalue weighted by atomic mass is 10.0. The van der Waals surface area contributed by atoms with Gasteiger partial charge in [0.05, 0.1) is 17.4 Å². The lowest BCUT2D eigenvalue weighted by Gasteiger charge is -2.11. The molecule has 0 fully saturated rings. The van der Waals surface area contributed by atoms with Gasteiger partial charge in [0, 0.05) is 29.5 Å². The van der Waals surface area contributed by atoms with Crippen LogP contribution in [0.15, 0.2) is 91.1 Å². The molecular weight excluding hydrogens is 456 g/mol. The molecule has 9 nitrogen and oxygen atoms in total. The average molecular weight is 479 g/mol. The van der Waals surface area contributed by atoms with Crippen LogP contribution in [0.2, 0.25) is 0 Å². The second-order valence-electron chi connectivity index (χ2n) is 8.10. The van der Waals surface area contributed by atoms with Gasteiger partial charge in [-0.05, 0) is 59.7 Å². The molecule has 5 rings (SSSR count). The SMILES string of the molecule is CC(=O)Nc1cccc(-c2ccc(-c3cc4ccnn4c(Nc4ccc(NC(=O)O)cc4)n3)cc2)c1. The fourth-order valence-corrected chi connectivity index (χ4v) is 3.87. The summed E-state index contributed by atoms with van der Waals surface area (Å²) in [5, 5.41) is 21.6. The Morgan fingerprint density at radius 1 is 0.778 bits per heavy atom. The summed E-state index contributed by atoms with van der Waals surface area (Å²) in [6.45, 7) is 1.49. The maximum absolute atomic E-state index is 11.4. The number of carbonyl (C=O) groups excluding carboxylic acids is 1. The number of carboxylic acid groups (broad SMARTS) is 1. The van der Waals surface area contributed by atoms with Gasteiger partial charge in [-0.3, -0.25) is 10.1 Å². The van der Waals surface area contributed by atoms with Crippen molar-refractivity contribution in [2.75, 3.05) is 16.0 Å². The molecular formula is C27H22N6O3. The molecule has 9 heteroatoms. The van der Waals surface area contributed by atoms with Crippen LogP contribution in [0.3, 0.4) is 0 Å². The summed E-state index contributed by atoms with van der Waals surface area (Å²) in [5.74, 6) is 0.416. The van der Waals surface area contributed by atoms with Crippen LogP contribution in [0.5, 0.6) is 0 Å². The first kappa shape index (κ1) is 22.6. The molecule has 2 aromatic heterocycles. The maximum atomic E-state index is 11.4. The summed E-state index contributed by atoms with van der Waals surface area (Å²) >= 11 is 0. The standard InChI is InChI=1S/C27H22N6O3/c1-17(34)29-23-4-2-3-20(15-23)18-5-7-19(8-6-18)25-16-24-13-14-28-33(24)26(32-25)30-21-9-11-22(12-10-21)31-27(35)36/h2-16,31H,1H3,(H,29,34)(H,30,32)(H,35,36). The van der Waals surface area contributed by atoms with Crippen LogP contribution in [-0.4, -0.2) is 31.7 Å². The third-order valence-electron chi connectivity index (χ3n) is 5.47. The highest BCUT2D eigenvalue weighted by molar-refractivity contribution is 5.89. The van der Waals surface area contributed by atoms with Crippen molar-refractivity contribution in [1.82, 2.24) is 14.6 Å². The highest BCUT2D eigenvalue weighted by Gasteiger charge is 2.10. The van der Waals surface area contributed by atoms with Gasteiger partial charge in [0.25, 0.3) is 0 Å². The number of nitrogens with one attached hydrogen (secondary N) is 3. The Bertz CT molecular complexity index is 1560. The van der Waals surface area contributed by atoms with Crippen LogP contribution < -0.4 is 16.0 Å². The first-order valence-electron chi connectivity index (χ1n) is 11.1. The van der Waals surface area contributed by atoms with Crippen LogP contribution >= 0.6 is 0 Å². The Morgan fingerprint density at radius 3 is 2.22 bits per heavy atom. The summed E-state index contributed by atoms with van der Waals surface area (Å²) in [4.78, 5) is 27.0. The van der Waals surface area contributed by atoms with Crippen LogP contribution in [-0.2, 0) is 4.79 Å². The Balaban J connectivity index is 1.43. The van der Waals surface area contributed by atoms with Crippen LogP contribution in [0.25, 0.3) is 27.9 Å². The summed E-state index contributed by atoms with van der Waals surface area (Å²) in [7, 11) is 0. The lowest BCUT2D eigenvalue weighted by molar-refractivity contribution is -0.114. The van der Waals surface area contributed by atoms with E-state index in [2.05, 4.69) is 21.0 Å². The molecule has 0 saturated heterocycles. The van der Waals surface area contributed by atoms with Gasteiger partial charge in [0.2, 0.25) is 11.9 Å². The molecule has 0 bridgehead atoms. The van der Waals surface area contributed by atoms with Gasteiger partial charge < -0.3 is 15.7 Å². The predicted octanol–water partition coefficient (Wildman–Crippen LogP) is 5.86. The minimum absolute atomic E-state index is 0.110. The number of hydrogen-bond acceptors (Lipinski definition) is 5. The van der Waals surface area contributed by atoms with Crippen molar-refractivity contribution in [3.8, 4) is 22.4 Å². The van der Waals surface area contributed by atoms with Crippen LogP contribution in [0, 0.1) is 0 Å². The van der Waals surface area contributed by atoms with Gasteiger partial charge in [-0.2, -0.15) is 5.10 Å². The summed E-state index contributed by atoms with van der Waals surface area (Å²) in [6, 6.07) is 26.5. The third kappa shape index (κ3) is 5.00. The van der Waals surface area contributed by atoms with Crippen molar-refractivity contribution in [1.29, 1.82) is 0 Å². The molecule has 0 aliphatic carbocycles. The minimum atomic E-state index is -1.12. The monoisotopic (exact) mass is 478 g/mol. The molecule has 5 aromatic rings. The number of hydrogen-bond donors (Lipinski definition) is 4. The largest absolute Gasteiger partial charge is 0.465 e. The number of anilines is 4. The predicted molar refractivity (Wildman–Crippen MR) is 140 cm³/mol. The second kappa shape index (κ2) is 9.59. The number of nitrogens with zero attached hydrogens (tertiary/aromatic N) is 3. The van der Waals surface area contributed by atoms with E-state index in [4.69, 9.17) is 10.1 Å². The van der Waals surface area contributed by atoms with E-state index in [1.807, 2.05) is 60.7 Å². The number of amides is 2. The normalized spacial score (nSPS) is 10.7. The number of aromatic nitrogens is 3. The Kier molecular flexibility index (Phi) is 6.02. The molecule has 4 N–H and O–H groups in total. The van der Waals surface area contributed by atoms with E-state index in [1.54, 1.807) is 35.0 Å². The maximum Gasteiger partial charge on any atom is 0.409 e. The van der Waals surface area contributed by atoms with Gasteiger partial charge in [-0.25, -0.2) is 14.3 Å². The number of fused-ring (bicyclic) bond motifs is 1. The van der Waals surface area contributed by atoms with Gasteiger partial charge >= 0.3 is 6.09 Å². The fourth-order valence-electron chi connectivity index (χ4n) is 3.87. The van der Waals surface area contributed by atoms with E-state index in [0.29, 0.717) is 11.6 Å². The van der Waals surface area contributed by atoms with Crippen molar-refractivity contribution in [2.24, 2.45) is 0 Å².